The molecule has 0 bridgehead atoms. The van der Waals surface area contributed by atoms with Crippen molar-refractivity contribution >= 4 is 23.8 Å². The van der Waals surface area contributed by atoms with Crippen molar-refractivity contribution in [2.45, 2.75) is 50.0 Å². The first-order chi connectivity index (χ1) is 14.5. The van der Waals surface area contributed by atoms with Crippen LogP contribution < -0.4 is 16.1 Å². The van der Waals surface area contributed by atoms with E-state index in [1.165, 1.54) is 6.34 Å². The molecule has 0 spiro atoms. The SMILES string of the molecule is O=C(N[C@H](CO)C1CC(F)=CC=C1F)C1=NNC2=NC=NC(N[C@@H]3CCC[C@H]3O)C21. The number of fused-ring (bicyclic) bond motifs is 1. The fourth-order valence-corrected chi connectivity index (χ4v) is 4.25. The number of aliphatic hydroxyl groups is 2. The molecule has 9 nitrogen and oxygen atoms in total. The van der Waals surface area contributed by atoms with Crippen LogP contribution in [0.25, 0.3) is 0 Å². The maximum Gasteiger partial charge on any atom is 0.268 e. The van der Waals surface area contributed by atoms with Gasteiger partial charge in [-0.25, -0.2) is 13.8 Å². The largest absolute Gasteiger partial charge is 0.394 e. The van der Waals surface area contributed by atoms with Crippen LogP contribution >= 0.6 is 0 Å². The van der Waals surface area contributed by atoms with Gasteiger partial charge in [0.25, 0.3) is 5.91 Å². The molecule has 6 atom stereocenters. The van der Waals surface area contributed by atoms with Gasteiger partial charge >= 0.3 is 0 Å². The summed E-state index contributed by atoms with van der Waals surface area (Å²) in [4.78, 5) is 21.3. The van der Waals surface area contributed by atoms with Gasteiger partial charge in [-0.3, -0.25) is 20.5 Å². The lowest BCUT2D eigenvalue weighted by Gasteiger charge is -2.29. The van der Waals surface area contributed by atoms with Crippen molar-refractivity contribution in [2.75, 3.05) is 6.61 Å². The van der Waals surface area contributed by atoms with Crippen LogP contribution in [0.2, 0.25) is 0 Å². The molecule has 162 valence electrons. The second-order valence-electron chi connectivity index (χ2n) is 7.82. The van der Waals surface area contributed by atoms with Gasteiger partial charge in [0.1, 0.15) is 41.6 Å². The average molecular weight is 422 g/mol. The van der Waals surface area contributed by atoms with Gasteiger partial charge in [-0.05, 0) is 31.4 Å². The summed E-state index contributed by atoms with van der Waals surface area (Å²) in [6.07, 6.45) is 4.47. The highest BCUT2D eigenvalue weighted by molar-refractivity contribution is 6.45. The lowest BCUT2D eigenvalue weighted by Crippen LogP contribution is -2.54. The van der Waals surface area contributed by atoms with E-state index in [1.54, 1.807) is 0 Å². The van der Waals surface area contributed by atoms with Gasteiger partial charge in [0, 0.05) is 18.4 Å². The van der Waals surface area contributed by atoms with Gasteiger partial charge in [0.2, 0.25) is 0 Å². The van der Waals surface area contributed by atoms with Gasteiger partial charge in [0.15, 0.2) is 0 Å². The number of aliphatic imine (C=N–C) groups is 2. The van der Waals surface area contributed by atoms with Crippen molar-refractivity contribution in [2.24, 2.45) is 26.9 Å². The molecule has 11 heteroatoms. The Labute approximate surface area is 171 Å². The highest BCUT2D eigenvalue weighted by Crippen LogP contribution is 2.30. The first kappa shape index (κ1) is 20.8. The van der Waals surface area contributed by atoms with E-state index < -0.39 is 54.3 Å². The molecule has 0 aromatic rings. The Morgan fingerprint density at radius 3 is 2.90 bits per heavy atom. The molecule has 1 fully saturated rings. The highest BCUT2D eigenvalue weighted by Gasteiger charge is 2.43. The molecular weight excluding hydrogens is 398 g/mol. The number of rotatable bonds is 6. The van der Waals surface area contributed by atoms with Crippen LogP contribution in [0.4, 0.5) is 8.78 Å². The Hall–Kier alpha value is -2.50. The molecule has 2 aliphatic heterocycles. The number of nitrogens with one attached hydrogen (secondary N) is 3. The second kappa shape index (κ2) is 8.70. The third-order valence-corrected chi connectivity index (χ3v) is 5.91. The molecule has 1 amide bonds. The van der Waals surface area contributed by atoms with Crippen LogP contribution in [0.3, 0.4) is 0 Å². The number of amides is 1. The maximum absolute atomic E-state index is 14.2. The van der Waals surface area contributed by atoms with Crippen molar-refractivity contribution < 1.29 is 23.8 Å². The number of hydrazone groups is 1. The Balaban J connectivity index is 1.46. The number of carbonyl (C=O) groups is 1. The number of carbonyl (C=O) groups excluding carboxylic acids is 1. The summed E-state index contributed by atoms with van der Waals surface area (Å²) in [5, 5.41) is 29.7. The number of aliphatic hydroxyl groups excluding tert-OH is 2. The summed E-state index contributed by atoms with van der Waals surface area (Å²) < 4.78 is 27.8. The van der Waals surface area contributed by atoms with E-state index in [-0.39, 0.29) is 18.2 Å². The topological polar surface area (TPSA) is 131 Å². The predicted octanol–water partition coefficient (Wildman–Crippen LogP) is 0.0351. The number of amidine groups is 1. The van der Waals surface area contributed by atoms with Crippen LogP contribution in [0, 0.1) is 11.8 Å². The highest BCUT2D eigenvalue weighted by atomic mass is 19.1. The van der Waals surface area contributed by atoms with Crippen molar-refractivity contribution in [3.05, 3.63) is 23.8 Å². The van der Waals surface area contributed by atoms with E-state index in [4.69, 9.17) is 0 Å². The number of hydrogen-bond acceptors (Lipinski definition) is 8. The zero-order valence-corrected chi connectivity index (χ0v) is 16.1. The number of allylic oxidation sites excluding steroid dienone is 3. The third-order valence-electron chi connectivity index (χ3n) is 5.91. The molecule has 5 N–H and O–H groups in total. The summed E-state index contributed by atoms with van der Waals surface area (Å²) in [5.41, 5.74) is 2.78. The van der Waals surface area contributed by atoms with Crippen molar-refractivity contribution in [3.8, 4) is 0 Å². The van der Waals surface area contributed by atoms with E-state index in [1.807, 2.05) is 0 Å². The molecular formula is C19H24F2N6O3. The van der Waals surface area contributed by atoms with Crippen LogP contribution in [-0.2, 0) is 4.79 Å². The second-order valence-corrected chi connectivity index (χ2v) is 7.82. The number of nitrogens with zero attached hydrogens (tertiary/aromatic N) is 3. The maximum atomic E-state index is 14.2. The molecule has 0 aromatic carbocycles. The molecule has 0 aromatic heterocycles. The van der Waals surface area contributed by atoms with E-state index in [0.29, 0.717) is 12.3 Å². The van der Waals surface area contributed by atoms with Crippen LogP contribution in [-0.4, -0.2) is 65.0 Å². The first-order valence-corrected chi connectivity index (χ1v) is 9.98. The fourth-order valence-electron chi connectivity index (χ4n) is 4.25. The fraction of sp³-hybridized carbons (Fsp3) is 0.579. The normalized spacial score (nSPS) is 33.7. The molecule has 1 saturated carbocycles. The summed E-state index contributed by atoms with van der Waals surface area (Å²) in [6.45, 7) is -0.564. The van der Waals surface area contributed by atoms with Crippen LogP contribution in [0.15, 0.2) is 38.9 Å². The summed E-state index contributed by atoms with van der Waals surface area (Å²) in [7, 11) is 0. The number of halogens is 2. The molecule has 30 heavy (non-hydrogen) atoms. The van der Waals surface area contributed by atoms with Crippen molar-refractivity contribution in [1.82, 2.24) is 16.1 Å². The van der Waals surface area contributed by atoms with Gasteiger partial charge in [-0.1, -0.05) is 0 Å². The zero-order chi connectivity index (χ0) is 21.3. The van der Waals surface area contributed by atoms with Gasteiger partial charge < -0.3 is 15.5 Å². The minimum atomic E-state index is -1.02. The smallest absolute Gasteiger partial charge is 0.268 e. The van der Waals surface area contributed by atoms with E-state index >= 15 is 0 Å². The lowest BCUT2D eigenvalue weighted by molar-refractivity contribution is -0.116. The Morgan fingerprint density at radius 1 is 1.33 bits per heavy atom. The molecule has 4 aliphatic rings. The van der Waals surface area contributed by atoms with Gasteiger partial charge in [-0.2, -0.15) is 5.10 Å². The van der Waals surface area contributed by atoms with Crippen molar-refractivity contribution in [1.29, 1.82) is 0 Å². The summed E-state index contributed by atoms with van der Waals surface area (Å²) in [6, 6.07) is -1.18. The molecule has 0 radical (unpaired) electrons. The number of hydrogen-bond donors (Lipinski definition) is 5. The zero-order valence-electron chi connectivity index (χ0n) is 16.1. The van der Waals surface area contributed by atoms with E-state index in [9.17, 15) is 23.8 Å². The third kappa shape index (κ3) is 4.05. The molecule has 2 aliphatic carbocycles. The molecule has 3 unspecified atom stereocenters. The average Bonchev–Trinajstić information content (AvgIpc) is 3.35. The molecule has 2 heterocycles. The monoisotopic (exact) mass is 422 g/mol. The molecule has 4 rings (SSSR count). The first-order valence-electron chi connectivity index (χ1n) is 9.98. The predicted molar refractivity (Wildman–Crippen MR) is 106 cm³/mol. The van der Waals surface area contributed by atoms with Crippen molar-refractivity contribution in [3.63, 3.8) is 0 Å². The Bertz CT molecular complexity index is 855. The van der Waals surface area contributed by atoms with Crippen LogP contribution in [0.5, 0.6) is 0 Å². The Morgan fingerprint density at radius 2 is 2.17 bits per heavy atom. The van der Waals surface area contributed by atoms with Gasteiger partial charge in [-0.15, -0.1) is 0 Å². The van der Waals surface area contributed by atoms with E-state index in [2.05, 4.69) is 31.1 Å². The standard InChI is InChI=1S/C19H24F2N6O3/c20-9-4-5-11(21)10(6-9)13(7-28)25-19(30)16-15-17(22-8-23-18(15)27-26-16)24-12-2-1-3-14(12)29/h4-5,8,10,12-15,17,24,28-29H,1-3,6-7H2,(H,25,30)(H,22,23,27)/t10?,12-,13-,14-,15?,17?/m1/s1. The summed E-state index contributed by atoms with van der Waals surface area (Å²) in [5.74, 6) is -2.95. The minimum absolute atomic E-state index is 0.0743. The minimum Gasteiger partial charge on any atom is -0.394 e. The molecule has 0 saturated heterocycles. The van der Waals surface area contributed by atoms with E-state index in [0.717, 1.165) is 25.0 Å². The van der Waals surface area contributed by atoms with Crippen LogP contribution in [0.1, 0.15) is 25.7 Å². The lowest BCUT2D eigenvalue weighted by atomic mass is 9.90. The quantitative estimate of drug-likeness (QED) is 0.412. The van der Waals surface area contributed by atoms with Gasteiger partial charge in [0.05, 0.1) is 18.8 Å². The Kier molecular flexibility index (Phi) is 6.02. The summed E-state index contributed by atoms with van der Waals surface area (Å²) >= 11 is 0.